The normalized spacial score (nSPS) is 21.7. The van der Waals surface area contributed by atoms with Gasteiger partial charge in [-0.05, 0) is 48.6 Å². The number of H-pyrrole nitrogens is 1. The first-order valence-electron chi connectivity index (χ1n) is 13.1. The summed E-state index contributed by atoms with van der Waals surface area (Å²) in [6.45, 7) is 1.18. The quantitative estimate of drug-likeness (QED) is 0.370. The Morgan fingerprint density at radius 2 is 1.97 bits per heavy atom. The average Bonchev–Trinajstić information content (AvgIpc) is 3.25. The lowest BCUT2D eigenvalue weighted by atomic mass is 9.84. The second-order valence-electron chi connectivity index (χ2n) is 10.6. The van der Waals surface area contributed by atoms with Crippen LogP contribution >= 0.6 is 0 Å². The number of rotatable bonds is 9. The van der Waals surface area contributed by atoms with Crippen LogP contribution in [-0.4, -0.2) is 71.3 Å². The van der Waals surface area contributed by atoms with Crippen LogP contribution in [0.2, 0.25) is 0 Å². The highest BCUT2D eigenvalue weighted by molar-refractivity contribution is 5.85. The molecule has 0 radical (unpaired) electrons. The van der Waals surface area contributed by atoms with Crippen molar-refractivity contribution < 1.29 is 22.7 Å². The van der Waals surface area contributed by atoms with E-state index < -0.39 is 38.0 Å². The van der Waals surface area contributed by atoms with Crippen molar-refractivity contribution in [1.29, 1.82) is 5.26 Å². The maximum Gasteiger partial charge on any atom is 0.283 e. The molecule has 0 saturated carbocycles. The number of nitrogens with zero attached hydrogens (tertiary/aromatic N) is 3. The molecule has 0 amide bonds. The van der Waals surface area contributed by atoms with Gasteiger partial charge in [-0.1, -0.05) is 30.3 Å². The zero-order valence-electron chi connectivity index (χ0n) is 21.3. The van der Waals surface area contributed by atoms with Crippen molar-refractivity contribution in [3.63, 3.8) is 0 Å². The van der Waals surface area contributed by atoms with Crippen LogP contribution < -0.4 is 0 Å². The summed E-state index contributed by atoms with van der Waals surface area (Å²) in [5.74, 6) is -3.56. The van der Waals surface area contributed by atoms with E-state index in [9.17, 15) is 23.5 Å². The van der Waals surface area contributed by atoms with Crippen molar-refractivity contribution in [2.45, 2.75) is 43.9 Å². The summed E-state index contributed by atoms with van der Waals surface area (Å²) in [5, 5.41) is 20.4. The summed E-state index contributed by atoms with van der Waals surface area (Å²) in [7, 11) is 0. The van der Waals surface area contributed by atoms with Crippen molar-refractivity contribution in [1.82, 2.24) is 14.8 Å². The highest BCUT2D eigenvalue weighted by Crippen LogP contribution is 2.43. The van der Waals surface area contributed by atoms with Gasteiger partial charge in [0, 0.05) is 48.2 Å². The third-order valence-corrected chi connectivity index (χ3v) is 7.98. The predicted molar refractivity (Wildman–Crippen MR) is 138 cm³/mol. The van der Waals surface area contributed by atoms with Gasteiger partial charge in [0.2, 0.25) is 0 Å². The molecule has 3 atom stereocenters. The van der Waals surface area contributed by atoms with Crippen molar-refractivity contribution in [2.24, 2.45) is 5.92 Å². The number of likely N-dealkylation sites (tertiary alicyclic amines) is 1. The maximum absolute atomic E-state index is 15.4. The fraction of sp³-hybridized carbons (Fsp3) is 0.483. The molecule has 38 heavy (non-hydrogen) atoms. The Bertz CT molecular complexity index is 1330. The molecule has 3 aromatic rings. The van der Waals surface area contributed by atoms with Gasteiger partial charge in [0.25, 0.3) is 5.92 Å². The summed E-state index contributed by atoms with van der Waals surface area (Å²) >= 11 is 0. The minimum absolute atomic E-state index is 0.234. The van der Waals surface area contributed by atoms with Crippen LogP contribution in [0.25, 0.3) is 10.9 Å². The number of aliphatic hydroxyl groups is 1. The maximum atomic E-state index is 15.4. The van der Waals surface area contributed by atoms with E-state index in [0.29, 0.717) is 43.6 Å². The van der Waals surface area contributed by atoms with Gasteiger partial charge in [0.15, 0.2) is 0 Å². The number of aromatic amines is 1. The lowest BCUT2D eigenvalue weighted by Crippen LogP contribution is -2.49. The van der Waals surface area contributed by atoms with Gasteiger partial charge in [-0.2, -0.15) is 5.26 Å². The van der Waals surface area contributed by atoms with E-state index >= 15 is 4.39 Å². The first-order chi connectivity index (χ1) is 18.3. The molecule has 0 spiro atoms. The van der Waals surface area contributed by atoms with Crippen LogP contribution in [0.3, 0.4) is 0 Å². The Labute approximate surface area is 219 Å². The number of benzene rings is 2. The van der Waals surface area contributed by atoms with Gasteiger partial charge in [0.1, 0.15) is 12.8 Å². The molecule has 1 aromatic heterocycles. The number of para-hydroxylation sites is 1. The van der Waals surface area contributed by atoms with Crippen LogP contribution in [0.15, 0.2) is 42.5 Å². The first-order valence-corrected chi connectivity index (χ1v) is 13.1. The third-order valence-electron chi connectivity index (χ3n) is 7.98. The molecule has 5 nitrogen and oxygen atoms in total. The van der Waals surface area contributed by atoms with Crippen molar-refractivity contribution >= 4 is 10.9 Å². The number of hydrogen-bond donors (Lipinski definition) is 2. The van der Waals surface area contributed by atoms with Crippen molar-refractivity contribution in [3.05, 3.63) is 70.4 Å². The summed E-state index contributed by atoms with van der Waals surface area (Å²) < 4.78 is 56.9. The Morgan fingerprint density at radius 1 is 1.21 bits per heavy atom. The Hall–Kier alpha value is -2.93. The van der Waals surface area contributed by atoms with Crippen LogP contribution in [0.4, 0.5) is 17.6 Å². The number of nitrogens with one attached hydrogen (secondary N) is 1. The molecule has 0 unspecified atom stereocenters. The Kier molecular flexibility index (Phi) is 7.49. The van der Waals surface area contributed by atoms with Gasteiger partial charge < -0.3 is 15.0 Å². The van der Waals surface area contributed by atoms with E-state index in [1.54, 1.807) is 17.0 Å². The SMILES string of the molecule is C[C@@H]1Cc2c([nH]c3ccccc23)[C@@H](c2ccc([C@@H](F)C3CN(CCCF)C3)cc2C#N)N1CC(F)(F)CO. The summed E-state index contributed by atoms with van der Waals surface area (Å²) in [5.41, 5.74) is 3.78. The van der Waals surface area contributed by atoms with Gasteiger partial charge in [0.05, 0.1) is 30.9 Å². The minimum atomic E-state index is -3.33. The number of nitriles is 1. The number of hydrogen-bond acceptors (Lipinski definition) is 4. The average molecular weight is 529 g/mol. The monoisotopic (exact) mass is 528 g/mol. The van der Waals surface area contributed by atoms with E-state index in [-0.39, 0.29) is 17.5 Å². The standard InChI is InChI=1S/C29H32F4N4O/c1-18-11-24-23-5-2-3-6-25(23)35-27(24)28(37(18)16-29(32,33)17-38)22-8-7-19(12-20(22)13-34)26(31)21-14-36(15-21)10-4-9-30/h2-3,5-8,12,18,21,26,28,35,38H,4,9-11,14-17H2,1H3/t18-,26-,28-/m1/s1. The molecule has 0 aliphatic carbocycles. The fourth-order valence-electron chi connectivity index (χ4n) is 6.02. The molecule has 2 aliphatic rings. The number of aromatic nitrogens is 1. The smallest absolute Gasteiger partial charge is 0.283 e. The van der Waals surface area contributed by atoms with Crippen LogP contribution in [0, 0.1) is 17.2 Å². The van der Waals surface area contributed by atoms with E-state index in [1.807, 2.05) is 36.1 Å². The van der Waals surface area contributed by atoms with Crippen LogP contribution in [0.1, 0.15) is 53.5 Å². The van der Waals surface area contributed by atoms with E-state index in [4.69, 9.17) is 0 Å². The van der Waals surface area contributed by atoms with E-state index in [2.05, 4.69) is 11.1 Å². The highest BCUT2D eigenvalue weighted by Gasteiger charge is 2.42. The number of alkyl halides is 4. The second-order valence-corrected chi connectivity index (χ2v) is 10.6. The van der Waals surface area contributed by atoms with Crippen LogP contribution in [-0.2, 0) is 6.42 Å². The van der Waals surface area contributed by atoms with Gasteiger partial charge in [-0.15, -0.1) is 0 Å². The fourth-order valence-corrected chi connectivity index (χ4v) is 6.02. The summed E-state index contributed by atoms with van der Waals surface area (Å²) in [4.78, 5) is 7.04. The Balaban J connectivity index is 1.52. The molecule has 2 N–H and O–H groups in total. The molecule has 1 saturated heterocycles. The summed E-state index contributed by atoms with van der Waals surface area (Å²) in [6.07, 6.45) is -0.315. The number of aliphatic hydroxyl groups excluding tert-OH is 1. The molecule has 2 aliphatic heterocycles. The van der Waals surface area contributed by atoms with Crippen molar-refractivity contribution in [3.8, 4) is 6.07 Å². The molecule has 3 heterocycles. The lowest BCUT2D eigenvalue weighted by molar-refractivity contribution is -0.0864. The second kappa shape index (κ2) is 10.7. The largest absolute Gasteiger partial charge is 0.390 e. The highest BCUT2D eigenvalue weighted by atomic mass is 19.3. The van der Waals surface area contributed by atoms with E-state index in [0.717, 1.165) is 22.2 Å². The predicted octanol–water partition coefficient (Wildman–Crippen LogP) is 5.31. The molecule has 5 rings (SSSR count). The lowest BCUT2D eigenvalue weighted by Gasteiger charge is -2.43. The molecular weight excluding hydrogens is 496 g/mol. The zero-order valence-corrected chi connectivity index (χ0v) is 21.3. The molecule has 2 aromatic carbocycles. The minimum Gasteiger partial charge on any atom is -0.390 e. The topological polar surface area (TPSA) is 66.3 Å². The van der Waals surface area contributed by atoms with Gasteiger partial charge in [-0.25, -0.2) is 13.2 Å². The van der Waals surface area contributed by atoms with Crippen molar-refractivity contribution in [2.75, 3.05) is 39.5 Å². The first kappa shape index (κ1) is 26.7. The zero-order chi connectivity index (χ0) is 27.0. The molecule has 0 bridgehead atoms. The molecule has 202 valence electrons. The van der Waals surface area contributed by atoms with Gasteiger partial charge in [-0.3, -0.25) is 9.29 Å². The summed E-state index contributed by atoms with van der Waals surface area (Å²) in [6, 6.07) is 13.8. The number of halogens is 4. The molecular formula is C29H32F4N4O. The third kappa shape index (κ3) is 4.93. The number of fused-ring (bicyclic) bond motifs is 3. The van der Waals surface area contributed by atoms with Crippen LogP contribution in [0.5, 0.6) is 0 Å². The van der Waals surface area contributed by atoms with Gasteiger partial charge >= 0.3 is 0 Å². The van der Waals surface area contributed by atoms with E-state index in [1.165, 1.54) is 6.07 Å². The molecule has 9 heteroatoms. The molecule has 1 fully saturated rings. The Morgan fingerprint density at radius 3 is 2.68 bits per heavy atom.